The van der Waals surface area contributed by atoms with Crippen LogP contribution < -0.4 is 0 Å². The molecular weight excluding hydrogens is 423 g/mol. The van der Waals surface area contributed by atoms with Crippen molar-refractivity contribution in [1.29, 1.82) is 0 Å². The van der Waals surface area contributed by atoms with Crippen LogP contribution in [0.4, 0.5) is 4.39 Å². The zero-order chi connectivity index (χ0) is 25.4. The van der Waals surface area contributed by atoms with E-state index >= 15 is 0 Å². The number of nitrogens with zero attached hydrogens (tertiary/aromatic N) is 2. The summed E-state index contributed by atoms with van der Waals surface area (Å²) in [6, 6.07) is 8.74. The number of hydrogen-bond donors (Lipinski definition) is 0. The smallest absolute Gasteiger partial charge is 0.168 e. The van der Waals surface area contributed by atoms with Crippen molar-refractivity contribution in [3.63, 3.8) is 0 Å². The van der Waals surface area contributed by atoms with Crippen LogP contribution >= 0.6 is 0 Å². The maximum atomic E-state index is 13.5. The highest BCUT2D eigenvalue weighted by atomic mass is 19.1. The molecule has 1 saturated heterocycles. The third kappa shape index (κ3) is 13.2. The molecule has 0 unspecified atom stereocenters. The molecule has 1 aromatic carbocycles. The molecular formula is C30H49FN2O. The fourth-order valence-electron chi connectivity index (χ4n) is 4.26. The number of aldehydes is 1. The lowest BCUT2D eigenvalue weighted by Gasteiger charge is -2.33. The number of halogens is 1. The zero-order valence-electron chi connectivity index (χ0n) is 22.7. The van der Waals surface area contributed by atoms with Crippen LogP contribution in [0.2, 0.25) is 0 Å². The number of carbonyl (C=O) groups is 1. The third-order valence-corrected chi connectivity index (χ3v) is 6.73. The standard InChI is InChI=1S/C16H27FN2O.C14H22/c1-5-15(12-20)18-13(2)14-6-9-19(10-7-14)11-8-16(3,4)17;1-3-4-5-6-7-11-14-12-9-8-10-13(14)2/h5,12,14H,6-11H2,1-4H3;8-10,12H,3-7,11H2,1-2H3/b15-5-,18-13?;. The van der Waals surface area contributed by atoms with E-state index in [9.17, 15) is 9.18 Å². The van der Waals surface area contributed by atoms with Gasteiger partial charge in [0, 0.05) is 12.3 Å². The molecule has 0 spiro atoms. The highest BCUT2D eigenvalue weighted by Crippen LogP contribution is 2.22. The Morgan fingerprint density at radius 3 is 2.35 bits per heavy atom. The Morgan fingerprint density at radius 2 is 1.79 bits per heavy atom. The zero-order valence-corrected chi connectivity index (χ0v) is 22.7. The highest BCUT2D eigenvalue weighted by molar-refractivity contribution is 5.89. The molecule has 0 saturated carbocycles. The Bertz CT molecular complexity index is 755. The fourth-order valence-corrected chi connectivity index (χ4v) is 4.26. The van der Waals surface area contributed by atoms with Crippen LogP contribution in [-0.2, 0) is 11.2 Å². The van der Waals surface area contributed by atoms with Gasteiger partial charge in [0.1, 0.15) is 5.67 Å². The monoisotopic (exact) mass is 472 g/mol. The van der Waals surface area contributed by atoms with Gasteiger partial charge in [0.2, 0.25) is 0 Å². The molecule has 1 aliphatic rings. The van der Waals surface area contributed by atoms with Crippen LogP contribution in [0.15, 0.2) is 41.0 Å². The summed E-state index contributed by atoms with van der Waals surface area (Å²) in [6.07, 6.45) is 13.3. The number of aryl methyl sites for hydroxylation is 2. The molecule has 1 aromatic rings. The van der Waals surface area contributed by atoms with Crippen molar-refractivity contribution < 1.29 is 9.18 Å². The van der Waals surface area contributed by atoms with Crippen molar-refractivity contribution >= 4 is 12.0 Å². The van der Waals surface area contributed by atoms with Gasteiger partial charge < -0.3 is 4.90 Å². The topological polar surface area (TPSA) is 32.7 Å². The molecule has 3 nitrogen and oxygen atoms in total. The van der Waals surface area contributed by atoms with Crippen molar-refractivity contribution in [3.8, 4) is 0 Å². The van der Waals surface area contributed by atoms with Gasteiger partial charge in [0.25, 0.3) is 0 Å². The minimum atomic E-state index is -1.08. The predicted molar refractivity (Wildman–Crippen MR) is 146 cm³/mol. The fraction of sp³-hybridized carbons (Fsp3) is 0.667. The molecule has 0 N–H and O–H groups in total. The molecule has 192 valence electrons. The molecule has 0 bridgehead atoms. The SMILES string of the molecule is C/C=C(/C=O)N=C(C)C1CCN(CCC(C)(C)F)CC1.CCCCCCCc1ccccc1C. The van der Waals surface area contributed by atoms with Gasteiger partial charge in [-0.2, -0.15) is 0 Å². The minimum absolute atomic E-state index is 0.444. The summed E-state index contributed by atoms with van der Waals surface area (Å²) in [7, 11) is 0. The number of likely N-dealkylation sites (tertiary alicyclic amines) is 1. The molecule has 0 aromatic heterocycles. The van der Waals surface area contributed by atoms with Gasteiger partial charge in [-0.3, -0.25) is 9.79 Å². The van der Waals surface area contributed by atoms with E-state index in [4.69, 9.17) is 0 Å². The van der Waals surface area contributed by atoms with Gasteiger partial charge in [0.05, 0.1) is 5.70 Å². The number of piperidine rings is 1. The third-order valence-electron chi connectivity index (χ3n) is 6.73. The number of allylic oxidation sites excluding steroid dienone is 2. The van der Waals surface area contributed by atoms with Crippen LogP contribution in [0.5, 0.6) is 0 Å². The summed E-state index contributed by atoms with van der Waals surface area (Å²) in [6.45, 7) is 14.4. The van der Waals surface area contributed by atoms with Crippen LogP contribution in [0.1, 0.15) is 97.1 Å². The lowest BCUT2D eigenvalue weighted by molar-refractivity contribution is -0.104. The van der Waals surface area contributed by atoms with Crippen molar-refractivity contribution in [2.24, 2.45) is 10.9 Å². The first-order valence-corrected chi connectivity index (χ1v) is 13.3. The number of carbonyl (C=O) groups excluding carboxylic acids is 1. The molecule has 1 heterocycles. The molecule has 0 amide bonds. The average Bonchev–Trinajstić information content (AvgIpc) is 2.82. The quantitative estimate of drug-likeness (QED) is 0.134. The van der Waals surface area contributed by atoms with Crippen LogP contribution in [0.25, 0.3) is 0 Å². The Morgan fingerprint density at radius 1 is 1.15 bits per heavy atom. The predicted octanol–water partition coefficient (Wildman–Crippen LogP) is 7.91. The van der Waals surface area contributed by atoms with E-state index in [0.717, 1.165) is 44.5 Å². The maximum Gasteiger partial charge on any atom is 0.168 e. The normalized spacial score (nSPS) is 16.2. The molecule has 2 rings (SSSR count). The number of alkyl halides is 1. The maximum absolute atomic E-state index is 13.5. The molecule has 0 radical (unpaired) electrons. The van der Waals surface area contributed by atoms with Gasteiger partial charge in [-0.05, 0) is 96.9 Å². The molecule has 0 atom stereocenters. The van der Waals surface area contributed by atoms with Crippen molar-refractivity contribution in [2.75, 3.05) is 19.6 Å². The summed E-state index contributed by atoms with van der Waals surface area (Å²) >= 11 is 0. The van der Waals surface area contributed by atoms with Gasteiger partial charge in [-0.1, -0.05) is 62.9 Å². The van der Waals surface area contributed by atoms with Gasteiger partial charge in [-0.15, -0.1) is 0 Å². The van der Waals surface area contributed by atoms with E-state index in [1.165, 1.54) is 49.7 Å². The lowest BCUT2D eigenvalue weighted by Crippen LogP contribution is -2.38. The number of rotatable bonds is 12. The Kier molecular flexibility index (Phi) is 14.9. The van der Waals surface area contributed by atoms with E-state index < -0.39 is 5.67 Å². The summed E-state index contributed by atoms with van der Waals surface area (Å²) in [5.41, 5.74) is 3.44. The summed E-state index contributed by atoms with van der Waals surface area (Å²) in [5, 5.41) is 0. The van der Waals surface area contributed by atoms with E-state index in [2.05, 4.69) is 48.0 Å². The molecule has 1 fully saturated rings. The second-order valence-electron chi connectivity index (χ2n) is 10.3. The largest absolute Gasteiger partial charge is 0.303 e. The van der Waals surface area contributed by atoms with E-state index in [1.807, 2.05) is 13.8 Å². The van der Waals surface area contributed by atoms with Gasteiger partial charge in [-0.25, -0.2) is 4.39 Å². The van der Waals surface area contributed by atoms with E-state index in [0.29, 0.717) is 18.0 Å². The van der Waals surface area contributed by atoms with Crippen LogP contribution in [-0.4, -0.2) is 42.2 Å². The number of benzene rings is 1. The number of hydrogen-bond acceptors (Lipinski definition) is 3. The van der Waals surface area contributed by atoms with E-state index in [1.54, 1.807) is 19.9 Å². The first-order valence-electron chi connectivity index (χ1n) is 13.3. The lowest BCUT2D eigenvalue weighted by atomic mass is 9.92. The highest BCUT2D eigenvalue weighted by Gasteiger charge is 2.23. The minimum Gasteiger partial charge on any atom is -0.303 e. The number of aliphatic imine (C=N–C) groups is 1. The van der Waals surface area contributed by atoms with E-state index in [-0.39, 0.29) is 0 Å². The first-order chi connectivity index (χ1) is 16.2. The van der Waals surface area contributed by atoms with Crippen LogP contribution in [0, 0.1) is 12.8 Å². The molecule has 0 aliphatic carbocycles. The molecule has 1 aliphatic heterocycles. The van der Waals surface area contributed by atoms with Crippen molar-refractivity contribution in [2.45, 2.75) is 105 Å². The Balaban J connectivity index is 0.000000362. The second-order valence-corrected chi connectivity index (χ2v) is 10.3. The van der Waals surface area contributed by atoms with Crippen LogP contribution in [0.3, 0.4) is 0 Å². The molecule has 34 heavy (non-hydrogen) atoms. The summed E-state index contributed by atoms with van der Waals surface area (Å²) in [5.74, 6) is 0.444. The molecule has 4 heteroatoms. The second kappa shape index (κ2) is 16.8. The Hall–Kier alpha value is -1.81. The summed E-state index contributed by atoms with van der Waals surface area (Å²) < 4.78 is 13.5. The van der Waals surface area contributed by atoms with Crippen molar-refractivity contribution in [3.05, 3.63) is 47.2 Å². The first kappa shape index (κ1) is 30.2. The van der Waals surface area contributed by atoms with Gasteiger partial charge >= 0.3 is 0 Å². The number of unbranched alkanes of at least 4 members (excludes halogenated alkanes) is 4. The van der Waals surface area contributed by atoms with Gasteiger partial charge in [0.15, 0.2) is 6.29 Å². The Labute approximate surface area is 208 Å². The van der Waals surface area contributed by atoms with Crippen molar-refractivity contribution in [1.82, 2.24) is 4.90 Å². The average molecular weight is 473 g/mol. The summed E-state index contributed by atoms with van der Waals surface area (Å²) in [4.78, 5) is 17.5.